The van der Waals surface area contributed by atoms with Crippen molar-refractivity contribution in [3.63, 3.8) is 0 Å². The predicted octanol–water partition coefficient (Wildman–Crippen LogP) is 4.75. The Morgan fingerprint density at radius 2 is 1.59 bits per heavy atom. The van der Waals surface area contributed by atoms with Crippen molar-refractivity contribution < 1.29 is 9.59 Å². The summed E-state index contributed by atoms with van der Waals surface area (Å²) in [6.45, 7) is 0.560. The number of rotatable bonds is 10. The highest BCUT2D eigenvalue weighted by molar-refractivity contribution is 6.30. The molecule has 1 heterocycles. The average Bonchev–Trinajstić information content (AvgIpc) is 3.40. The molecule has 2 aliphatic rings. The second-order valence-corrected chi connectivity index (χ2v) is 11.2. The van der Waals surface area contributed by atoms with Crippen LogP contribution in [0, 0.1) is 11.8 Å². The number of aryl methyl sites for hydroxylation is 1. The van der Waals surface area contributed by atoms with E-state index >= 15 is 0 Å². The SMILES string of the molecule is O=C(N[C@@H](Cc1ccc(Cl)cc1)C(=O)NCCCc1ccccc1)C1CCC2C(C1)NNC2c1ccccc1. The van der Waals surface area contributed by atoms with E-state index < -0.39 is 6.04 Å². The molecule has 6 nitrogen and oxygen atoms in total. The topological polar surface area (TPSA) is 82.3 Å². The second kappa shape index (κ2) is 13.2. The summed E-state index contributed by atoms with van der Waals surface area (Å²) >= 11 is 6.07. The molecule has 204 valence electrons. The van der Waals surface area contributed by atoms with Crippen LogP contribution < -0.4 is 21.5 Å². The van der Waals surface area contributed by atoms with Gasteiger partial charge in [0.2, 0.25) is 11.8 Å². The van der Waals surface area contributed by atoms with Gasteiger partial charge in [-0.2, -0.15) is 0 Å². The van der Waals surface area contributed by atoms with E-state index in [2.05, 4.69) is 57.9 Å². The molecule has 5 rings (SSSR count). The number of benzene rings is 3. The van der Waals surface area contributed by atoms with Crippen molar-refractivity contribution in [2.45, 2.75) is 56.7 Å². The number of halogens is 1. The van der Waals surface area contributed by atoms with Crippen LogP contribution in [-0.4, -0.2) is 30.4 Å². The number of hydrogen-bond donors (Lipinski definition) is 4. The number of hydrogen-bond acceptors (Lipinski definition) is 4. The van der Waals surface area contributed by atoms with Crippen LogP contribution in [0.3, 0.4) is 0 Å². The minimum absolute atomic E-state index is 0.0446. The Morgan fingerprint density at radius 1 is 0.872 bits per heavy atom. The number of hydrazine groups is 1. The number of nitrogens with one attached hydrogen (secondary N) is 4. The molecule has 3 aromatic carbocycles. The van der Waals surface area contributed by atoms with Gasteiger partial charge >= 0.3 is 0 Å². The van der Waals surface area contributed by atoms with Gasteiger partial charge in [-0.1, -0.05) is 84.4 Å². The summed E-state index contributed by atoms with van der Waals surface area (Å²) in [5.41, 5.74) is 10.4. The first-order chi connectivity index (χ1) is 19.1. The number of carbonyl (C=O) groups excluding carboxylic acids is 2. The molecule has 3 aromatic rings. The maximum atomic E-state index is 13.5. The van der Waals surface area contributed by atoms with E-state index in [0.717, 1.165) is 37.7 Å². The molecular weight excluding hydrogens is 508 g/mol. The van der Waals surface area contributed by atoms with E-state index in [1.807, 2.05) is 48.5 Å². The van der Waals surface area contributed by atoms with Crippen LogP contribution in [0.25, 0.3) is 0 Å². The third kappa shape index (κ3) is 7.27. The number of carbonyl (C=O) groups is 2. The maximum Gasteiger partial charge on any atom is 0.242 e. The van der Waals surface area contributed by atoms with Gasteiger partial charge in [-0.3, -0.25) is 15.0 Å². The summed E-state index contributed by atoms with van der Waals surface area (Å²) in [5, 5.41) is 6.80. The van der Waals surface area contributed by atoms with Crippen molar-refractivity contribution in [1.29, 1.82) is 0 Å². The van der Waals surface area contributed by atoms with Gasteiger partial charge in [-0.15, -0.1) is 0 Å². The van der Waals surface area contributed by atoms with Crippen molar-refractivity contribution in [2.24, 2.45) is 11.8 Å². The Hall–Kier alpha value is -3.19. The zero-order chi connectivity index (χ0) is 27.0. The molecule has 1 saturated carbocycles. The van der Waals surface area contributed by atoms with Crippen LogP contribution in [0.15, 0.2) is 84.9 Å². The third-order valence-corrected chi connectivity index (χ3v) is 8.31. The van der Waals surface area contributed by atoms with E-state index in [0.29, 0.717) is 23.9 Å². The Kier molecular flexibility index (Phi) is 9.30. The van der Waals surface area contributed by atoms with Crippen molar-refractivity contribution in [3.8, 4) is 0 Å². The summed E-state index contributed by atoms with van der Waals surface area (Å²) in [5.74, 6) is 0.115. The second-order valence-electron chi connectivity index (χ2n) is 10.7. The first kappa shape index (κ1) is 27.4. The smallest absolute Gasteiger partial charge is 0.242 e. The Morgan fingerprint density at radius 3 is 2.33 bits per heavy atom. The first-order valence-electron chi connectivity index (χ1n) is 14.0. The molecule has 0 spiro atoms. The fraction of sp³-hybridized carbons (Fsp3) is 0.375. The molecule has 1 saturated heterocycles. The van der Waals surface area contributed by atoms with Crippen LogP contribution in [0.2, 0.25) is 5.02 Å². The highest BCUT2D eigenvalue weighted by atomic mass is 35.5. The van der Waals surface area contributed by atoms with Crippen molar-refractivity contribution >= 4 is 23.4 Å². The van der Waals surface area contributed by atoms with Gasteiger partial charge in [0.25, 0.3) is 0 Å². The van der Waals surface area contributed by atoms with E-state index in [9.17, 15) is 9.59 Å². The Labute approximate surface area is 235 Å². The summed E-state index contributed by atoms with van der Waals surface area (Å²) in [4.78, 5) is 26.7. The lowest BCUT2D eigenvalue weighted by Crippen LogP contribution is -2.51. The minimum Gasteiger partial charge on any atom is -0.354 e. The fourth-order valence-corrected chi connectivity index (χ4v) is 6.04. The minimum atomic E-state index is -0.639. The lowest BCUT2D eigenvalue weighted by atomic mass is 9.74. The van der Waals surface area contributed by atoms with Crippen LogP contribution in [0.1, 0.15) is 48.4 Å². The van der Waals surface area contributed by atoms with Crippen LogP contribution in [0.4, 0.5) is 0 Å². The number of amides is 2. The molecule has 1 aliphatic carbocycles. The molecular formula is C32H37ClN4O2. The molecule has 7 heteroatoms. The van der Waals surface area contributed by atoms with E-state index in [1.165, 1.54) is 11.1 Å². The van der Waals surface area contributed by atoms with Gasteiger partial charge in [-0.05, 0) is 66.8 Å². The zero-order valence-corrected chi connectivity index (χ0v) is 22.9. The van der Waals surface area contributed by atoms with Crippen LogP contribution in [0.5, 0.6) is 0 Å². The monoisotopic (exact) mass is 544 g/mol. The van der Waals surface area contributed by atoms with Crippen molar-refractivity contribution in [1.82, 2.24) is 21.5 Å². The van der Waals surface area contributed by atoms with Crippen LogP contribution in [-0.2, 0) is 22.4 Å². The van der Waals surface area contributed by atoms with Gasteiger partial charge in [0.05, 0.1) is 6.04 Å². The zero-order valence-electron chi connectivity index (χ0n) is 22.1. The van der Waals surface area contributed by atoms with Crippen LogP contribution >= 0.6 is 11.6 Å². The van der Waals surface area contributed by atoms with Gasteiger partial charge in [-0.25, -0.2) is 5.43 Å². The quantitative estimate of drug-likeness (QED) is 0.278. The predicted molar refractivity (Wildman–Crippen MR) is 155 cm³/mol. The van der Waals surface area contributed by atoms with Crippen molar-refractivity contribution in [2.75, 3.05) is 6.54 Å². The maximum absolute atomic E-state index is 13.5. The lowest BCUT2D eigenvalue weighted by molar-refractivity contribution is -0.132. The molecule has 0 aromatic heterocycles. The molecule has 0 bridgehead atoms. The van der Waals surface area contributed by atoms with E-state index in [1.54, 1.807) is 0 Å². The molecule has 5 atom stereocenters. The first-order valence-corrected chi connectivity index (χ1v) is 14.4. The summed E-state index contributed by atoms with van der Waals surface area (Å²) in [6, 6.07) is 28.0. The highest BCUT2D eigenvalue weighted by Gasteiger charge is 2.42. The molecule has 2 fully saturated rings. The third-order valence-electron chi connectivity index (χ3n) is 8.06. The Balaban J connectivity index is 1.18. The largest absolute Gasteiger partial charge is 0.354 e. The van der Waals surface area contributed by atoms with Crippen molar-refractivity contribution in [3.05, 3.63) is 107 Å². The Bertz CT molecular complexity index is 1220. The van der Waals surface area contributed by atoms with Gasteiger partial charge in [0.1, 0.15) is 6.04 Å². The molecule has 2 amide bonds. The molecule has 4 N–H and O–H groups in total. The summed E-state index contributed by atoms with van der Waals surface area (Å²) < 4.78 is 0. The normalized spacial score (nSPS) is 23.0. The highest BCUT2D eigenvalue weighted by Crippen LogP contribution is 2.40. The lowest BCUT2D eigenvalue weighted by Gasteiger charge is -2.33. The van der Waals surface area contributed by atoms with E-state index in [4.69, 9.17) is 11.6 Å². The van der Waals surface area contributed by atoms with Gasteiger partial charge < -0.3 is 10.6 Å². The molecule has 0 radical (unpaired) electrons. The molecule has 39 heavy (non-hydrogen) atoms. The van der Waals surface area contributed by atoms with E-state index in [-0.39, 0.29) is 29.8 Å². The summed E-state index contributed by atoms with van der Waals surface area (Å²) in [6.07, 6.45) is 4.67. The standard InChI is InChI=1S/C32H37ClN4O2/c33-26-16-13-23(14-17-26)20-29(32(39)34-19-7-10-22-8-3-1-4-9-22)35-31(38)25-15-18-27-28(21-25)36-37-30(27)24-11-5-2-6-12-24/h1-6,8-9,11-14,16-17,25,27-30,36-37H,7,10,15,18-21H2,(H,34,39)(H,35,38)/t25?,27?,28?,29-,30?/m0/s1. The summed E-state index contributed by atoms with van der Waals surface area (Å²) in [7, 11) is 0. The molecule has 4 unspecified atom stereocenters. The van der Waals surface area contributed by atoms with Gasteiger partial charge in [0, 0.05) is 29.9 Å². The number of fused-ring (bicyclic) bond motifs is 1. The fourth-order valence-electron chi connectivity index (χ4n) is 5.92. The average molecular weight is 545 g/mol. The molecule has 1 aliphatic heterocycles. The van der Waals surface area contributed by atoms with Gasteiger partial charge in [0.15, 0.2) is 0 Å².